The Hall–Kier alpha value is -1.84. The zero-order valence-electron chi connectivity index (χ0n) is 8.71. The number of esters is 1. The van der Waals surface area contributed by atoms with E-state index in [1.807, 2.05) is 30.3 Å². The first-order valence-electron chi connectivity index (χ1n) is 4.58. The van der Waals surface area contributed by atoms with Gasteiger partial charge >= 0.3 is 5.97 Å². The maximum atomic E-state index is 11.5. The van der Waals surface area contributed by atoms with E-state index in [1.54, 1.807) is 6.92 Å². The van der Waals surface area contributed by atoms with Crippen LogP contribution in [0.5, 0.6) is 0 Å². The number of hydroxylamine groups is 1. The molecule has 0 saturated carbocycles. The first-order valence-corrected chi connectivity index (χ1v) is 4.58. The third-order valence-electron chi connectivity index (χ3n) is 2.10. The maximum Gasteiger partial charge on any atom is 0.396 e. The van der Waals surface area contributed by atoms with Gasteiger partial charge in [-0.1, -0.05) is 30.3 Å². The third kappa shape index (κ3) is 3.09. The zero-order chi connectivity index (χ0) is 11.3. The van der Waals surface area contributed by atoms with E-state index in [9.17, 15) is 10.0 Å². The smallest absolute Gasteiger partial charge is 0.396 e. The minimum absolute atomic E-state index is 0.398. The summed E-state index contributed by atoms with van der Waals surface area (Å²) in [6.45, 7) is 1.72. The average molecular weight is 207 g/mol. The van der Waals surface area contributed by atoms with Crippen LogP contribution < -0.4 is 0 Å². The first-order chi connectivity index (χ1) is 7.15. The van der Waals surface area contributed by atoms with Crippen LogP contribution in [0.4, 0.5) is 0 Å². The van der Waals surface area contributed by atoms with Gasteiger partial charge in [0.15, 0.2) is 6.04 Å². The second-order valence-electron chi connectivity index (χ2n) is 3.10. The third-order valence-corrected chi connectivity index (χ3v) is 2.10. The van der Waals surface area contributed by atoms with Crippen molar-refractivity contribution in [2.75, 3.05) is 7.11 Å². The number of hydrogen-bond donors (Lipinski definition) is 0. The molecule has 0 bridgehead atoms. The van der Waals surface area contributed by atoms with Gasteiger partial charge in [-0.15, -0.1) is 0 Å². The second kappa shape index (κ2) is 5.14. The summed E-state index contributed by atoms with van der Waals surface area (Å²) >= 11 is 0. The molecule has 0 aliphatic heterocycles. The highest BCUT2D eigenvalue weighted by molar-refractivity contribution is 6.20. The van der Waals surface area contributed by atoms with E-state index in [0.717, 1.165) is 11.8 Å². The number of hydrogen-bond acceptors (Lipinski definition) is 3. The number of carbonyl (C=O) groups is 1. The zero-order valence-corrected chi connectivity index (χ0v) is 8.71. The lowest BCUT2D eigenvalue weighted by atomic mass is 10.1. The molecule has 4 nitrogen and oxygen atoms in total. The predicted molar refractivity (Wildman–Crippen MR) is 56.6 cm³/mol. The normalized spacial score (nSPS) is 13.3. The monoisotopic (exact) mass is 207 g/mol. The van der Waals surface area contributed by atoms with Crippen molar-refractivity contribution in [3.63, 3.8) is 0 Å². The predicted octanol–water partition coefficient (Wildman–Crippen LogP) is 1.50. The topological polar surface area (TPSA) is 52.4 Å². The van der Waals surface area contributed by atoms with E-state index < -0.39 is 12.0 Å². The fourth-order valence-corrected chi connectivity index (χ4v) is 1.15. The van der Waals surface area contributed by atoms with E-state index in [-0.39, 0.29) is 0 Å². The van der Waals surface area contributed by atoms with Crippen LogP contribution in [-0.2, 0) is 9.53 Å². The molecule has 80 valence electrons. The van der Waals surface area contributed by atoms with Crippen molar-refractivity contribution in [1.82, 2.24) is 0 Å². The molecule has 0 radical (unpaired) electrons. The summed E-state index contributed by atoms with van der Waals surface area (Å²) in [7, 11) is 1.24. The van der Waals surface area contributed by atoms with Crippen LogP contribution in [0.1, 0.15) is 18.5 Å². The number of benzene rings is 1. The van der Waals surface area contributed by atoms with Crippen LogP contribution in [0.2, 0.25) is 0 Å². The van der Waals surface area contributed by atoms with Gasteiger partial charge in [0.2, 0.25) is 0 Å². The number of carbonyl (C=O) groups excluding carboxylic acids is 1. The molecule has 15 heavy (non-hydrogen) atoms. The molecule has 0 unspecified atom stereocenters. The Labute approximate surface area is 88.4 Å². The molecule has 0 aromatic heterocycles. The molecule has 0 aliphatic rings. The fourth-order valence-electron chi connectivity index (χ4n) is 1.15. The number of ether oxygens (including phenoxy) is 1. The molecule has 0 heterocycles. The van der Waals surface area contributed by atoms with Crippen molar-refractivity contribution in [3.05, 3.63) is 41.1 Å². The maximum absolute atomic E-state index is 11.5. The molecule has 0 spiro atoms. The molecule has 0 saturated heterocycles. The average Bonchev–Trinajstić information content (AvgIpc) is 2.29. The van der Waals surface area contributed by atoms with E-state index in [4.69, 9.17) is 0 Å². The van der Waals surface area contributed by atoms with Crippen molar-refractivity contribution in [1.29, 1.82) is 0 Å². The van der Waals surface area contributed by atoms with Gasteiger partial charge < -0.3 is 9.94 Å². The van der Waals surface area contributed by atoms with Crippen LogP contribution in [0.15, 0.2) is 30.3 Å². The highest BCUT2D eigenvalue weighted by Crippen LogP contribution is 2.14. The molecular weight excluding hydrogens is 194 g/mol. The van der Waals surface area contributed by atoms with E-state index in [2.05, 4.69) is 4.74 Å². The summed E-state index contributed by atoms with van der Waals surface area (Å²) in [6, 6.07) is 8.83. The SMILES string of the molecule is COC(=O)/C=[N+](/[O-])[C@@H](C)c1ccccc1. The van der Waals surface area contributed by atoms with Crippen molar-refractivity contribution in [2.24, 2.45) is 0 Å². The van der Waals surface area contributed by atoms with Gasteiger partial charge in [0.05, 0.1) is 7.11 Å². The Balaban J connectivity index is 2.81. The summed E-state index contributed by atoms with van der Waals surface area (Å²) in [5.74, 6) is -0.646. The molecular formula is C11H13NO3. The van der Waals surface area contributed by atoms with Crippen molar-refractivity contribution >= 4 is 12.2 Å². The van der Waals surface area contributed by atoms with Gasteiger partial charge in [-0.05, 0) is 0 Å². The van der Waals surface area contributed by atoms with Crippen LogP contribution in [0.25, 0.3) is 0 Å². The minimum atomic E-state index is -0.646. The van der Waals surface area contributed by atoms with E-state index >= 15 is 0 Å². The molecule has 1 rings (SSSR count). The van der Waals surface area contributed by atoms with Gasteiger partial charge in [0.1, 0.15) is 0 Å². The van der Waals surface area contributed by atoms with Gasteiger partial charge in [0.25, 0.3) is 6.21 Å². The molecule has 1 aromatic rings. The molecule has 0 amide bonds. The Kier molecular flexibility index (Phi) is 3.85. The van der Waals surface area contributed by atoms with Crippen LogP contribution >= 0.6 is 0 Å². The molecule has 4 heteroatoms. The molecule has 1 aromatic carbocycles. The lowest BCUT2D eigenvalue weighted by Gasteiger charge is -2.11. The van der Waals surface area contributed by atoms with Crippen molar-refractivity contribution in [3.8, 4) is 0 Å². The number of rotatable bonds is 3. The Morgan fingerprint density at radius 1 is 1.47 bits per heavy atom. The van der Waals surface area contributed by atoms with Gasteiger partial charge in [-0.2, -0.15) is 4.74 Å². The number of nitrogens with zero attached hydrogens (tertiary/aromatic N) is 1. The first kappa shape index (κ1) is 11.2. The van der Waals surface area contributed by atoms with Gasteiger partial charge in [-0.25, -0.2) is 4.79 Å². The minimum Gasteiger partial charge on any atom is -0.623 e. The Morgan fingerprint density at radius 2 is 2.07 bits per heavy atom. The lowest BCUT2D eigenvalue weighted by molar-refractivity contribution is -0.498. The quantitative estimate of drug-likeness (QED) is 0.248. The molecule has 1 atom stereocenters. The van der Waals surface area contributed by atoms with Crippen LogP contribution in [0, 0.1) is 5.21 Å². The fraction of sp³-hybridized carbons (Fsp3) is 0.273. The molecule has 0 fully saturated rings. The summed E-state index contributed by atoms with van der Waals surface area (Å²) < 4.78 is 4.96. The van der Waals surface area contributed by atoms with Crippen molar-refractivity contribution in [2.45, 2.75) is 13.0 Å². The van der Waals surface area contributed by atoms with E-state index in [0.29, 0.717) is 4.74 Å². The van der Waals surface area contributed by atoms with Crippen molar-refractivity contribution < 1.29 is 14.3 Å². The Morgan fingerprint density at radius 3 is 2.60 bits per heavy atom. The van der Waals surface area contributed by atoms with Crippen LogP contribution in [-0.4, -0.2) is 24.0 Å². The summed E-state index contributed by atoms with van der Waals surface area (Å²) in [5, 5.41) is 11.5. The Bertz CT molecular complexity index is 359. The summed E-state index contributed by atoms with van der Waals surface area (Å²) in [4.78, 5) is 10.8. The van der Waals surface area contributed by atoms with Crippen LogP contribution in [0.3, 0.4) is 0 Å². The van der Waals surface area contributed by atoms with Gasteiger partial charge in [-0.3, -0.25) is 0 Å². The van der Waals surface area contributed by atoms with Gasteiger partial charge in [0, 0.05) is 12.5 Å². The second-order valence-corrected chi connectivity index (χ2v) is 3.10. The molecule has 0 N–H and O–H groups in total. The highest BCUT2D eigenvalue weighted by Gasteiger charge is 2.13. The highest BCUT2D eigenvalue weighted by atomic mass is 16.5. The lowest BCUT2D eigenvalue weighted by Crippen LogP contribution is -2.16. The molecule has 0 aliphatic carbocycles. The largest absolute Gasteiger partial charge is 0.623 e. The van der Waals surface area contributed by atoms with E-state index in [1.165, 1.54) is 7.11 Å². The standard InChI is InChI=1S/C11H13NO3/c1-9(10-6-4-3-5-7-10)12(14)8-11(13)15-2/h3-9H,1-2H3/b12-8+/t9-/m0/s1. The summed E-state index contributed by atoms with van der Waals surface area (Å²) in [6.07, 6.45) is 0.900. The summed E-state index contributed by atoms with van der Waals surface area (Å²) in [5.41, 5.74) is 0.854. The number of methoxy groups -OCH3 is 1.